The summed E-state index contributed by atoms with van der Waals surface area (Å²) < 4.78 is 0. The Morgan fingerprint density at radius 3 is 2.74 bits per heavy atom. The van der Waals surface area contributed by atoms with E-state index in [9.17, 15) is 0 Å². The van der Waals surface area contributed by atoms with Crippen LogP contribution in [0, 0.1) is 5.92 Å². The normalized spacial score (nSPS) is 27.8. The number of nitrogen functional groups attached to an aromatic ring is 1. The van der Waals surface area contributed by atoms with E-state index >= 15 is 0 Å². The van der Waals surface area contributed by atoms with Crippen molar-refractivity contribution in [3.8, 4) is 0 Å². The second-order valence-corrected chi connectivity index (χ2v) is 5.71. The summed E-state index contributed by atoms with van der Waals surface area (Å²) in [7, 11) is 0. The van der Waals surface area contributed by atoms with E-state index in [4.69, 9.17) is 11.5 Å². The molecule has 0 spiro atoms. The number of nitrogens with zero attached hydrogens (tertiary/aromatic N) is 3. The Morgan fingerprint density at radius 2 is 2.11 bits per heavy atom. The molecule has 0 aliphatic heterocycles. The van der Waals surface area contributed by atoms with Crippen LogP contribution in [0.4, 0.5) is 5.82 Å². The Balaban J connectivity index is 2.04. The number of anilines is 1. The molecule has 2 aromatic rings. The van der Waals surface area contributed by atoms with E-state index in [2.05, 4.69) is 26.9 Å². The van der Waals surface area contributed by atoms with Gasteiger partial charge >= 0.3 is 0 Å². The summed E-state index contributed by atoms with van der Waals surface area (Å²) in [5.74, 6) is 2.14. The van der Waals surface area contributed by atoms with Gasteiger partial charge in [0.15, 0.2) is 11.5 Å². The average Bonchev–Trinajstić information content (AvgIpc) is 2.86. The number of fused-ring (bicyclic) bond motifs is 1. The van der Waals surface area contributed by atoms with Gasteiger partial charge in [0.05, 0.1) is 0 Å². The third-order valence-electron chi connectivity index (χ3n) is 4.44. The van der Waals surface area contributed by atoms with Crippen LogP contribution in [0.15, 0.2) is 6.33 Å². The second kappa shape index (κ2) is 4.45. The van der Waals surface area contributed by atoms with Crippen LogP contribution in [0.1, 0.15) is 38.4 Å². The van der Waals surface area contributed by atoms with E-state index < -0.39 is 0 Å². The molecule has 1 saturated carbocycles. The van der Waals surface area contributed by atoms with Crippen molar-refractivity contribution in [2.75, 3.05) is 12.3 Å². The Bertz CT molecular complexity index is 582. The van der Waals surface area contributed by atoms with Crippen molar-refractivity contribution < 1.29 is 0 Å². The van der Waals surface area contributed by atoms with E-state index in [0.29, 0.717) is 18.0 Å². The molecule has 102 valence electrons. The molecule has 0 amide bonds. The van der Waals surface area contributed by atoms with E-state index in [0.717, 1.165) is 30.1 Å². The minimum absolute atomic E-state index is 0.0559. The van der Waals surface area contributed by atoms with Crippen LogP contribution in [0.5, 0.6) is 0 Å². The monoisotopic (exact) mass is 260 g/mol. The fourth-order valence-corrected chi connectivity index (χ4v) is 2.95. The van der Waals surface area contributed by atoms with Gasteiger partial charge in [-0.05, 0) is 31.6 Å². The van der Waals surface area contributed by atoms with Crippen molar-refractivity contribution in [1.82, 2.24) is 19.9 Å². The molecule has 0 radical (unpaired) electrons. The minimum Gasteiger partial charge on any atom is -0.382 e. The van der Waals surface area contributed by atoms with Gasteiger partial charge in [0.2, 0.25) is 0 Å². The SMILES string of the molecule is CC1CCC(CN)(c2nc3ncnc(N)c3[nH]2)CC1. The Hall–Kier alpha value is -1.69. The van der Waals surface area contributed by atoms with Crippen molar-refractivity contribution in [2.24, 2.45) is 11.7 Å². The topological polar surface area (TPSA) is 106 Å². The van der Waals surface area contributed by atoms with Crippen molar-refractivity contribution in [2.45, 2.75) is 38.0 Å². The average molecular weight is 260 g/mol. The molecule has 6 nitrogen and oxygen atoms in total. The van der Waals surface area contributed by atoms with Gasteiger partial charge < -0.3 is 16.5 Å². The first-order valence-electron chi connectivity index (χ1n) is 6.81. The lowest BCUT2D eigenvalue weighted by Crippen LogP contribution is -2.39. The Morgan fingerprint density at radius 1 is 1.37 bits per heavy atom. The lowest BCUT2D eigenvalue weighted by atomic mass is 9.70. The van der Waals surface area contributed by atoms with Gasteiger partial charge in [-0.1, -0.05) is 6.92 Å². The summed E-state index contributed by atoms with van der Waals surface area (Å²) in [5.41, 5.74) is 13.2. The molecule has 6 heteroatoms. The van der Waals surface area contributed by atoms with Crippen LogP contribution in [0.3, 0.4) is 0 Å². The zero-order valence-electron chi connectivity index (χ0n) is 11.2. The van der Waals surface area contributed by atoms with Crippen LogP contribution in [-0.2, 0) is 5.41 Å². The number of nitrogens with two attached hydrogens (primary N) is 2. The van der Waals surface area contributed by atoms with Gasteiger partial charge in [-0.3, -0.25) is 0 Å². The smallest absolute Gasteiger partial charge is 0.183 e. The highest BCUT2D eigenvalue weighted by atomic mass is 15.1. The number of aromatic amines is 1. The zero-order chi connectivity index (χ0) is 13.5. The third kappa shape index (κ3) is 1.96. The summed E-state index contributed by atoms with van der Waals surface area (Å²) in [6, 6.07) is 0. The van der Waals surface area contributed by atoms with Crippen molar-refractivity contribution in [3.05, 3.63) is 12.2 Å². The number of rotatable bonds is 2. The molecule has 0 aromatic carbocycles. The molecular weight excluding hydrogens is 240 g/mol. The molecule has 2 heterocycles. The summed E-state index contributed by atoms with van der Waals surface area (Å²) in [5, 5.41) is 0. The Kier molecular flexibility index (Phi) is 2.89. The van der Waals surface area contributed by atoms with Gasteiger partial charge in [-0.25, -0.2) is 15.0 Å². The zero-order valence-corrected chi connectivity index (χ0v) is 11.2. The predicted octanol–water partition coefficient (Wildman–Crippen LogP) is 1.34. The molecule has 2 aromatic heterocycles. The molecule has 0 unspecified atom stereocenters. The molecule has 5 N–H and O–H groups in total. The first kappa shape index (κ1) is 12.3. The first-order chi connectivity index (χ1) is 9.14. The molecule has 19 heavy (non-hydrogen) atoms. The molecule has 1 aliphatic rings. The van der Waals surface area contributed by atoms with Crippen LogP contribution in [0.2, 0.25) is 0 Å². The first-order valence-corrected chi connectivity index (χ1v) is 6.81. The van der Waals surface area contributed by atoms with E-state index in [1.165, 1.54) is 19.2 Å². The number of H-pyrrole nitrogens is 1. The van der Waals surface area contributed by atoms with Crippen molar-refractivity contribution in [3.63, 3.8) is 0 Å². The Labute approximate surface area is 112 Å². The lowest BCUT2D eigenvalue weighted by molar-refractivity contribution is 0.238. The largest absolute Gasteiger partial charge is 0.382 e. The van der Waals surface area contributed by atoms with Gasteiger partial charge in [0.25, 0.3) is 0 Å². The van der Waals surface area contributed by atoms with Crippen molar-refractivity contribution in [1.29, 1.82) is 0 Å². The van der Waals surface area contributed by atoms with E-state index in [1.807, 2.05) is 0 Å². The quantitative estimate of drug-likeness (QED) is 0.755. The second-order valence-electron chi connectivity index (χ2n) is 5.71. The maximum Gasteiger partial charge on any atom is 0.183 e. The maximum absolute atomic E-state index is 6.05. The number of aromatic nitrogens is 4. The van der Waals surface area contributed by atoms with E-state index in [1.54, 1.807) is 0 Å². The van der Waals surface area contributed by atoms with Gasteiger partial charge in [-0.2, -0.15) is 0 Å². The third-order valence-corrected chi connectivity index (χ3v) is 4.44. The molecule has 1 aliphatic carbocycles. The van der Waals surface area contributed by atoms with E-state index in [-0.39, 0.29) is 5.41 Å². The fourth-order valence-electron chi connectivity index (χ4n) is 2.95. The number of imidazole rings is 1. The van der Waals surface area contributed by atoms with Crippen molar-refractivity contribution >= 4 is 17.0 Å². The highest BCUT2D eigenvalue weighted by Gasteiger charge is 2.37. The molecule has 3 rings (SSSR count). The minimum atomic E-state index is -0.0559. The molecule has 1 fully saturated rings. The maximum atomic E-state index is 6.05. The standard InChI is InChI=1S/C13H20N6/c1-8-2-4-13(6-14,5-3-8)12-18-9-10(15)16-7-17-11(9)19-12/h7-8H,2-6,14H2,1H3,(H3,15,16,17,18,19). The molecular formula is C13H20N6. The summed E-state index contributed by atoms with van der Waals surface area (Å²) >= 11 is 0. The number of hydrogen-bond acceptors (Lipinski definition) is 5. The van der Waals surface area contributed by atoms with Crippen LogP contribution >= 0.6 is 0 Å². The summed E-state index contributed by atoms with van der Waals surface area (Å²) in [4.78, 5) is 16.1. The van der Waals surface area contributed by atoms with Crippen LogP contribution in [-0.4, -0.2) is 26.5 Å². The van der Waals surface area contributed by atoms with Gasteiger partial charge in [-0.15, -0.1) is 0 Å². The fraction of sp³-hybridized carbons (Fsp3) is 0.615. The van der Waals surface area contributed by atoms with Crippen LogP contribution < -0.4 is 11.5 Å². The summed E-state index contributed by atoms with van der Waals surface area (Å²) in [6.07, 6.45) is 5.96. The predicted molar refractivity (Wildman–Crippen MR) is 74.5 cm³/mol. The van der Waals surface area contributed by atoms with Gasteiger partial charge in [0, 0.05) is 12.0 Å². The number of hydrogen-bond donors (Lipinski definition) is 3. The molecule has 0 saturated heterocycles. The summed E-state index contributed by atoms with van der Waals surface area (Å²) in [6.45, 7) is 2.90. The highest BCUT2D eigenvalue weighted by molar-refractivity contribution is 5.81. The lowest BCUT2D eigenvalue weighted by Gasteiger charge is -2.36. The molecule has 0 bridgehead atoms. The van der Waals surface area contributed by atoms with Crippen LogP contribution in [0.25, 0.3) is 11.2 Å². The molecule has 0 atom stereocenters. The van der Waals surface area contributed by atoms with Gasteiger partial charge in [0.1, 0.15) is 17.7 Å². The number of nitrogens with one attached hydrogen (secondary N) is 1. The highest BCUT2D eigenvalue weighted by Crippen LogP contribution is 2.40.